The van der Waals surface area contributed by atoms with Crippen LogP contribution in [0, 0.1) is 0 Å². The van der Waals surface area contributed by atoms with Crippen molar-refractivity contribution >= 4 is 11.9 Å². The number of carboxylic acids is 1. The maximum atomic E-state index is 11.8. The Morgan fingerprint density at radius 2 is 2.06 bits per heavy atom. The van der Waals surface area contributed by atoms with Crippen LogP contribution in [0.1, 0.15) is 20.3 Å². The van der Waals surface area contributed by atoms with Gasteiger partial charge in [0.2, 0.25) is 5.91 Å². The predicted octanol–water partition coefficient (Wildman–Crippen LogP) is -0.627. The molecule has 0 aromatic rings. The van der Waals surface area contributed by atoms with Gasteiger partial charge in [-0.2, -0.15) is 0 Å². The Labute approximate surface area is 101 Å². The van der Waals surface area contributed by atoms with Gasteiger partial charge in [-0.05, 0) is 13.8 Å². The van der Waals surface area contributed by atoms with Gasteiger partial charge in [0.1, 0.15) is 6.04 Å². The Morgan fingerprint density at radius 1 is 1.47 bits per heavy atom. The molecule has 1 amide bonds. The summed E-state index contributed by atoms with van der Waals surface area (Å²) >= 11 is 0. The first kappa shape index (κ1) is 13.9. The molecule has 0 saturated carbocycles. The molecule has 1 heterocycles. The number of carbonyl (C=O) groups is 2. The summed E-state index contributed by atoms with van der Waals surface area (Å²) < 4.78 is 0. The average molecular weight is 244 g/mol. The summed E-state index contributed by atoms with van der Waals surface area (Å²) in [6.45, 7) is 4.08. The summed E-state index contributed by atoms with van der Waals surface area (Å²) in [6, 6.07) is -0.673. The van der Waals surface area contributed by atoms with Crippen LogP contribution >= 0.6 is 0 Å². The Kier molecular flexibility index (Phi) is 4.47. The van der Waals surface area contributed by atoms with Crippen molar-refractivity contribution in [2.24, 2.45) is 0 Å². The number of likely N-dealkylation sites (tertiary alicyclic amines) is 1. The molecule has 98 valence electrons. The Balaban J connectivity index is 2.61. The topological polar surface area (TPSA) is 81.1 Å². The SMILES string of the molecule is CC(C)N(C)C(=O)CN1CC(O)CC1C(=O)O. The number of nitrogens with zero attached hydrogens (tertiary/aromatic N) is 2. The first-order valence-electron chi connectivity index (χ1n) is 5.73. The largest absolute Gasteiger partial charge is 0.480 e. The summed E-state index contributed by atoms with van der Waals surface area (Å²) in [7, 11) is 1.69. The molecule has 6 nitrogen and oxygen atoms in total. The number of aliphatic hydroxyl groups is 1. The van der Waals surface area contributed by atoms with E-state index in [0.29, 0.717) is 0 Å². The lowest BCUT2D eigenvalue weighted by Gasteiger charge is -2.26. The van der Waals surface area contributed by atoms with Crippen LogP contribution in [0.25, 0.3) is 0 Å². The standard InChI is InChI=1S/C11H20N2O4/c1-7(2)12(3)10(15)6-13-5-8(14)4-9(13)11(16)17/h7-9,14H,4-6H2,1-3H3,(H,16,17). The van der Waals surface area contributed by atoms with E-state index in [2.05, 4.69) is 0 Å². The zero-order chi connectivity index (χ0) is 13.2. The number of β-amino-alcohol motifs (C(OH)–C–C–N with tert-alkyl or cyclic N) is 1. The number of aliphatic carboxylic acids is 1. The van der Waals surface area contributed by atoms with Crippen LogP contribution in [0.5, 0.6) is 0 Å². The zero-order valence-corrected chi connectivity index (χ0v) is 10.5. The molecule has 1 aliphatic heterocycles. The van der Waals surface area contributed by atoms with E-state index in [1.165, 1.54) is 4.90 Å². The Hall–Kier alpha value is -1.14. The molecule has 0 spiro atoms. The van der Waals surface area contributed by atoms with Crippen LogP contribution in [0.4, 0.5) is 0 Å². The van der Waals surface area contributed by atoms with E-state index in [9.17, 15) is 14.7 Å². The van der Waals surface area contributed by atoms with Gasteiger partial charge in [0.15, 0.2) is 0 Å². The first-order valence-corrected chi connectivity index (χ1v) is 5.73. The number of hydrogen-bond donors (Lipinski definition) is 2. The molecule has 0 radical (unpaired) electrons. The fraction of sp³-hybridized carbons (Fsp3) is 0.818. The third-order valence-electron chi connectivity index (χ3n) is 3.17. The Morgan fingerprint density at radius 3 is 2.53 bits per heavy atom. The van der Waals surface area contributed by atoms with Crippen LogP contribution in [0.15, 0.2) is 0 Å². The monoisotopic (exact) mass is 244 g/mol. The molecular weight excluding hydrogens is 224 g/mol. The molecule has 0 bridgehead atoms. The number of carbonyl (C=O) groups excluding carboxylic acids is 1. The van der Waals surface area contributed by atoms with E-state index in [0.717, 1.165) is 0 Å². The zero-order valence-electron chi connectivity index (χ0n) is 10.5. The van der Waals surface area contributed by atoms with E-state index in [1.807, 2.05) is 13.8 Å². The molecule has 1 aliphatic rings. The molecule has 0 aromatic heterocycles. The van der Waals surface area contributed by atoms with Crippen LogP contribution in [-0.2, 0) is 9.59 Å². The van der Waals surface area contributed by atoms with Crippen molar-refractivity contribution in [3.63, 3.8) is 0 Å². The van der Waals surface area contributed by atoms with Crippen LogP contribution in [0.3, 0.4) is 0 Å². The molecule has 2 N–H and O–H groups in total. The molecule has 17 heavy (non-hydrogen) atoms. The van der Waals surface area contributed by atoms with Gasteiger partial charge in [-0.25, -0.2) is 0 Å². The number of amides is 1. The highest BCUT2D eigenvalue weighted by Gasteiger charge is 2.37. The number of carboxylic acid groups (broad SMARTS) is 1. The Bertz CT molecular complexity index is 306. The maximum Gasteiger partial charge on any atom is 0.321 e. The molecule has 1 rings (SSSR count). The van der Waals surface area contributed by atoms with Gasteiger partial charge in [0.05, 0.1) is 12.6 Å². The summed E-state index contributed by atoms with van der Waals surface area (Å²) in [6.07, 6.45) is -0.471. The summed E-state index contributed by atoms with van der Waals surface area (Å²) in [5.41, 5.74) is 0. The summed E-state index contributed by atoms with van der Waals surface area (Å²) in [5.74, 6) is -1.11. The van der Waals surface area contributed by atoms with Crippen LogP contribution in [0.2, 0.25) is 0 Å². The summed E-state index contributed by atoms with van der Waals surface area (Å²) in [5, 5.41) is 18.4. The van der Waals surface area contributed by atoms with Crippen molar-refractivity contribution in [3.8, 4) is 0 Å². The van der Waals surface area contributed by atoms with Gasteiger partial charge in [-0.1, -0.05) is 0 Å². The highest BCUT2D eigenvalue weighted by Crippen LogP contribution is 2.18. The average Bonchev–Trinajstić information content (AvgIpc) is 2.58. The molecule has 0 aromatic carbocycles. The first-order chi connectivity index (χ1) is 7.82. The molecule has 0 aliphatic carbocycles. The molecule has 1 fully saturated rings. The lowest BCUT2D eigenvalue weighted by Crippen LogP contribution is -2.45. The van der Waals surface area contributed by atoms with Crippen molar-refractivity contribution < 1.29 is 19.8 Å². The third-order valence-corrected chi connectivity index (χ3v) is 3.17. The van der Waals surface area contributed by atoms with Crippen molar-refractivity contribution in [2.75, 3.05) is 20.1 Å². The van der Waals surface area contributed by atoms with Gasteiger partial charge < -0.3 is 15.1 Å². The van der Waals surface area contributed by atoms with E-state index < -0.39 is 18.1 Å². The second-order valence-corrected chi connectivity index (χ2v) is 4.77. The molecular formula is C11H20N2O4. The van der Waals surface area contributed by atoms with Gasteiger partial charge >= 0.3 is 5.97 Å². The minimum absolute atomic E-state index is 0.0444. The van der Waals surface area contributed by atoms with Gasteiger partial charge in [0, 0.05) is 26.1 Å². The highest BCUT2D eigenvalue weighted by molar-refractivity contribution is 5.80. The van der Waals surface area contributed by atoms with Crippen LogP contribution in [-0.4, -0.2) is 70.2 Å². The smallest absolute Gasteiger partial charge is 0.321 e. The quantitative estimate of drug-likeness (QED) is 0.688. The second-order valence-electron chi connectivity index (χ2n) is 4.77. The number of likely N-dealkylation sites (N-methyl/N-ethyl adjacent to an activating group) is 1. The van der Waals surface area contributed by atoms with Gasteiger partial charge in [-0.3, -0.25) is 14.5 Å². The lowest BCUT2D eigenvalue weighted by molar-refractivity contribution is -0.143. The molecule has 2 atom stereocenters. The molecule has 1 saturated heterocycles. The number of hydrogen-bond acceptors (Lipinski definition) is 4. The van der Waals surface area contributed by atoms with E-state index in [-0.39, 0.29) is 31.5 Å². The fourth-order valence-electron chi connectivity index (χ4n) is 1.88. The molecule has 6 heteroatoms. The third kappa shape index (κ3) is 3.41. The van der Waals surface area contributed by atoms with E-state index >= 15 is 0 Å². The normalized spacial score (nSPS) is 25.2. The second kappa shape index (κ2) is 5.46. The minimum Gasteiger partial charge on any atom is -0.480 e. The van der Waals surface area contributed by atoms with Crippen LogP contribution < -0.4 is 0 Å². The lowest BCUT2D eigenvalue weighted by atomic mass is 10.2. The van der Waals surface area contributed by atoms with Crippen molar-refractivity contribution in [3.05, 3.63) is 0 Å². The fourth-order valence-corrected chi connectivity index (χ4v) is 1.88. The van der Waals surface area contributed by atoms with Crippen molar-refractivity contribution in [1.29, 1.82) is 0 Å². The summed E-state index contributed by atoms with van der Waals surface area (Å²) in [4.78, 5) is 25.9. The van der Waals surface area contributed by atoms with Gasteiger partial charge in [-0.15, -0.1) is 0 Å². The van der Waals surface area contributed by atoms with Crippen molar-refractivity contribution in [1.82, 2.24) is 9.80 Å². The number of aliphatic hydroxyl groups excluding tert-OH is 1. The van der Waals surface area contributed by atoms with E-state index in [1.54, 1.807) is 11.9 Å². The minimum atomic E-state index is -0.985. The van der Waals surface area contributed by atoms with Crippen molar-refractivity contribution in [2.45, 2.75) is 38.5 Å². The predicted molar refractivity (Wildman–Crippen MR) is 61.5 cm³/mol. The number of rotatable bonds is 4. The highest BCUT2D eigenvalue weighted by atomic mass is 16.4. The van der Waals surface area contributed by atoms with E-state index in [4.69, 9.17) is 5.11 Å². The van der Waals surface area contributed by atoms with Gasteiger partial charge in [0.25, 0.3) is 0 Å². The molecule has 2 unspecified atom stereocenters. The maximum absolute atomic E-state index is 11.8.